The molecule has 0 saturated carbocycles. The standard InChI is InChI=1S/C26H26N2O6S/c1-16-8-11-19(12-9-16)35(31,32)28-15-24(34-23-13-10-17(2)14-22(23)28)25(29)27-21-7-5-6-20(18(21)3)26(30)33-4/h5-14,24H,15H2,1-4H3,(H,27,29)/t24-/m1/s1. The van der Waals surface area contributed by atoms with Crippen molar-refractivity contribution in [2.24, 2.45) is 0 Å². The third kappa shape index (κ3) is 4.72. The number of esters is 1. The van der Waals surface area contributed by atoms with Crippen molar-refractivity contribution >= 4 is 33.3 Å². The molecule has 1 aliphatic rings. The smallest absolute Gasteiger partial charge is 0.338 e. The lowest BCUT2D eigenvalue weighted by Gasteiger charge is -2.35. The summed E-state index contributed by atoms with van der Waals surface area (Å²) in [5, 5.41) is 2.77. The van der Waals surface area contributed by atoms with Gasteiger partial charge in [-0.3, -0.25) is 9.10 Å². The van der Waals surface area contributed by atoms with Crippen LogP contribution >= 0.6 is 0 Å². The van der Waals surface area contributed by atoms with E-state index in [0.717, 1.165) is 11.1 Å². The molecule has 0 bridgehead atoms. The zero-order chi connectivity index (χ0) is 25.3. The van der Waals surface area contributed by atoms with Crippen LogP contribution in [0.15, 0.2) is 65.6 Å². The number of nitrogens with one attached hydrogen (secondary N) is 1. The predicted octanol–water partition coefficient (Wildman–Crippen LogP) is 3.99. The number of nitrogens with zero attached hydrogens (tertiary/aromatic N) is 1. The Hall–Kier alpha value is -3.85. The van der Waals surface area contributed by atoms with Crippen LogP contribution in [-0.4, -0.2) is 40.1 Å². The maximum Gasteiger partial charge on any atom is 0.338 e. The Labute approximate surface area is 204 Å². The molecule has 3 aromatic carbocycles. The summed E-state index contributed by atoms with van der Waals surface area (Å²) in [6, 6.07) is 16.6. The molecule has 8 nitrogen and oxygen atoms in total. The van der Waals surface area contributed by atoms with E-state index < -0.39 is 28.0 Å². The second-order valence-electron chi connectivity index (χ2n) is 8.39. The van der Waals surface area contributed by atoms with Gasteiger partial charge in [-0.25, -0.2) is 13.2 Å². The van der Waals surface area contributed by atoms with E-state index in [2.05, 4.69) is 5.32 Å². The molecule has 1 aliphatic heterocycles. The lowest BCUT2D eigenvalue weighted by molar-refractivity contribution is -0.122. The SMILES string of the molecule is COC(=O)c1cccc(NC(=O)[C@H]2CN(S(=O)(=O)c3ccc(C)cc3)c3cc(C)ccc3O2)c1C. The van der Waals surface area contributed by atoms with Crippen LogP contribution in [0.1, 0.15) is 27.0 Å². The summed E-state index contributed by atoms with van der Waals surface area (Å²) in [7, 11) is -2.68. The van der Waals surface area contributed by atoms with Gasteiger partial charge in [0.15, 0.2) is 6.10 Å². The molecule has 1 amide bonds. The van der Waals surface area contributed by atoms with Crippen LogP contribution < -0.4 is 14.4 Å². The number of carbonyl (C=O) groups is 2. The van der Waals surface area contributed by atoms with E-state index in [1.165, 1.54) is 11.4 Å². The van der Waals surface area contributed by atoms with Crippen molar-refractivity contribution in [3.63, 3.8) is 0 Å². The highest BCUT2D eigenvalue weighted by Crippen LogP contribution is 2.38. The van der Waals surface area contributed by atoms with Crippen LogP contribution in [0.5, 0.6) is 5.75 Å². The Balaban J connectivity index is 1.68. The Bertz CT molecular complexity index is 1400. The number of sulfonamides is 1. The fourth-order valence-electron chi connectivity index (χ4n) is 3.88. The van der Waals surface area contributed by atoms with Crippen molar-refractivity contribution in [2.75, 3.05) is 23.3 Å². The van der Waals surface area contributed by atoms with Crippen LogP contribution in [0.2, 0.25) is 0 Å². The molecule has 0 aromatic heterocycles. The van der Waals surface area contributed by atoms with Crippen molar-refractivity contribution in [2.45, 2.75) is 31.8 Å². The molecule has 3 aromatic rings. The Kier molecular flexibility index (Phi) is 6.53. The molecule has 4 rings (SSSR count). The van der Waals surface area contributed by atoms with Gasteiger partial charge >= 0.3 is 5.97 Å². The molecule has 0 saturated heterocycles. The molecule has 1 heterocycles. The van der Waals surface area contributed by atoms with Crippen molar-refractivity contribution in [1.29, 1.82) is 0 Å². The van der Waals surface area contributed by atoms with Gasteiger partial charge in [0, 0.05) is 5.69 Å². The van der Waals surface area contributed by atoms with Crippen molar-refractivity contribution in [3.05, 3.63) is 82.9 Å². The van der Waals surface area contributed by atoms with E-state index in [4.69, 9.17) is 9.47 Å². The molecule has 0 fully saturated rings. The number of rotatable bonds is 5. The van der Waals surface area contributed by atoms with Crippen LogP contribution in [0.3, 0.4) is 0 Å². The zero-order valence-corrected chi connectivity index (χ0v) is 20.7. The summed E-state index contributed by atoms with van der Waals surface area (Å²) in [5.41, 5.74) is 3.42. The molecular formula is C26H26N2O6S. The van der Waals surface area contributed by atoms with Gasteiger partial charge in [-0.1, -0.05) is 29.8 Å². The average molecular weight is 495 g/mol. The summed E-state index contributed by atoms with van der Waals surface area (Å²) in [4.78, 5) is 25.4. The van der Waals surface area contributed by atoms with Gasteiger partial charge in [0.25, 0.3) is 15.9 Å². The van der Waals surface area contributed by atoms with Crippen molar-refractivity contribution in [1.82, 2.24) is 0 Å². The number of benzene rings is 3. The molecule has 182 valence electrons. The molecule has 9 heteroatoms. The fourth-order valence-corrected chi connectivity index (χ4v) is 5.35. The number of anilines is 2. The largest absolute Gasteiger partial charge is 0.476 e. The van der Waals surface area contributed by atoms with Gasteiger partial charge in [0.2, 0.25) is 0 Å². The topological polar surface area (TPSA) is 102 Å². The van der Waals surface area contributed by atoms with Gasteiger partial charge < -0.3 is 14.8 Å². The maximum absolute atomic E-state index is 13.6. The second kappa shape index (κ2) is 9.42. The Morgan fingerprint density at radius 1 is 1.00 bits per heavy atom. The van der Waals surface area contributed by atoms with Gasteiger partial charge in [-0.15, -0.1) is 0 Å². The predicted molar refractivity (Wildman–Crippen MR) is 132 cm³/mol. The Morgan fingerprint density at radius 2 is 1.69 bits per heavy atom. The highest BCUT2D eigenvalue weighted by atomic mass is 32.2. The first-order valence-corrected chi connectivity index (χ1v) is 12.4. The summed E-state index contributed by atoms with van der Waals surface area (Å²) in [6.07, 6.45) is -1.12. The van der Waals surface area contributed by atoms with Crippen molar-refractivity contribution < 1.29 is 27.5 Å². The minimum Gasteiger partial charge on any atom is -0.476 e. The van der Waals surface area contributed by atoms with E-state index in [1.54, 1.807) is 67.6 Å². The molecule has 35 heavy (non-hydrogen) atoms. The minimum atomic E-state index is -3.97. The number of hydrogen-bond donors (Lipinski definition) is 1. The number of amides is 1. The third-order valence-corrected chi connectivity index (χ3v) is 7.68. The molecule has 0 aliphatic carbocycles. The maximum atomic E-state index is 13.6. The van der Waals surface area contributed by atoms with E-state index >= 15 is 0 Å². The van der Waals surface area contributed by atoms with E-state index in [0.29, 0.717) is 22.5 Å². The molecule has 0 unspecified atom stereocenters. The van der Waals surface area contributed by atoms with Crippen molar-refractivity contribution in [3.8, 4) is 5.75 Å². The molecular weight excluding hydrogens is 468 g/mol. The quantitative estimate of drug-likeness (QED) is 0.538. The van der Waals surface area contributed by atoms with Gasteiger partial charge in [-0.05, 0) is 68.3 Å². The fraction of sp³-hybridized carbons (Fsp3) is 0.231. The number of ether oxygens (including phenoxy) is 2. The Morgan fingerprint density at radius 3 is 2.37 bits per heavy atom. The highest BCUT2D eigenvalue weighted by Gasteiger charge is 2.38. The van der Waals surface area contributed by atoms with Gasteiger partial charge in [0.1, 0.15) is 5.75 Å². The van der Waals surface area contributed by atoms with Crippen LogP contribution in [-0.2, 0) is 19.6 Å². The highest BCUT2D eigenvalue weighted by molar-refractivity contribution is 7.92. The number of hydrogen-bond acceptors (Lipinski definition) is 6. The summed E-state index contributed by atoms with van der Waals surface area (Å²) in [5.74, 6) is -0.768. The lowest BCUT2D eigenvalue weighted by atomic mass is 10.1. The van der Waals surface area contributed by atoms with Gasteiger partial charge in [-0.2, -0.15) is 0 Å². The van der Waals surface area contributed by atoms with E-state index in [9.17, 15) is 18.0 Å². The number of methoxy groups -OCH3 is 1. The van der Waals surface area contributed by atoms with Crippen LogP contribution in [0.4, 0.5) is 11.4 Å². The summed E-state index contributed by atoms with van der Waals surface area (Å²) in [6.45, 7) is 5.21. The minimum absolute atomic E-state index is 0.123. The average Bonchev–Trinajstić information content (AvgIpc) is 2.84. The van der Waals surface area contributed by atoms with Crippen LogP contribution in [0.25, 0.3) is 0 Å². The monoisotopic (exact) mass is 494 g/mol. The first-order valence-electron chi connectivity index (χ1n) is 11.0. The van der Waals surface area contributed by atoms with Crippen LogP contribution in [0, 0.1) is 20.8 Å². The van der Waals surface area contributed by atoms with Gasteiger partial charge in [0.05, 0.1) is 29.8 Å². The second-order valence-corrected chi connectivity index (χ2v) is 10.2. The zero-order valence-electron chi connectivity index (χ0n) is 19.9. The van der Waals surface area contributed by atoms with E-state index in [-0.39, 0.29) is 17.2 Å². The number of aryl methyl sites for hydroxylation is 2. The molecule has 0 radical (unpaired) electrons. The first kappa shape index (κ1) is 24.3. The summed E-state index contributed by atoms with van der Waals surface area (Å²) >= 11 is 0. The number of fused-ring (bicyclic) bond motifs is 1. The third-order valence-electron chi connectivity index (χ3n) is 5.88. The normalized spacial score (nSPS) is 15.1. The lowest BCUT2D eigenvalue weighted by Crippen LogP contribution is -2.49. The number of carbonyl (C=O) groups excluding carboxylic acids is 2. The molecule has 0 spiro atoms. The molecule has 1 atom stereocenters. The first-order chi connectivity index (χ1) is 16.6. The van der Waals surface area contributed by atoms with E-state index in [1.807, 2.05) is 13.8 Å². The summed E-state index contributed by atoms with van der Waals surface area (Å²) < 4.78 is 39.1. The molecule has 1 N–H and O–H groups in total.